The van der Waals surface area contributed by atoms with Crippen LogP contribution in [0.15, 0.2) is 72.9 Å². The molecule has 3 aromatic rings. The number of pyridine rings is 1. The van der Waals surface area contributed by atoms with Gasteiger partial charge in [0.05, 0.1) is 0 Å². The van der Waals surface area contributed by atoms with Crippen LogP contribution < -0.4 is 21.3 Å². The van der Waals surface area contributed by atoms with Crippen molar-refractivity contribution in [2.24, 2.45) is 11.8 Å². The first-order chi connectivity index (χ1) is 34.6. The number of cyclic esters (lactones) is 1. The molecular formula is C52H65N9O10S. The maximum Gasteiger partial charge on any atom is 0.333 e. The molecule has 6 aliphatic rings. The zero-order valence-electron chi connectivity index (χ0n) is 41.2. The first-order valence-corrected chi connectivity index (χ1v) is 26.0. The number of esters is 1. The number of benzene rings is 2. The first kappa shape index (κ1) is 51.8. The highest BCUT2D eigenvalue weighted by atomic mass is 32.2. The Balaban J connectivity index is 1.19. The number of aromatic hydroxyl groups is 1. The molecule has 20 heteroatoms. The lowest BCUT2D eigenvalue weighted by atomic mass is 9.88. The molecule has 6 fully saturated rings. The number of aromatic nitrogens is 1. The summed E-state index contributed by atoms with van der Waals surface area (Å²) in [6.07, 6.45) is 2.40. The van der Waals surface area contributed by atoms with Crippen molar-refractivity contribution in [2.45, 2.75) is 106 Å². The number of carbonyl (C=O) groups is 8. The number of Topliss-reactive ketones (excluding diaryl/α,β-unsaturated/α-hetero) is 1. The van der Waals surface area contributed by atoms with Crippen molar-refractivity contribution in [1.29, 1.82) is 0 Å². The number of piperidine rings is 4. The summed E-state index contributed by atoms with van der Waals surface area (Å²) in [6.45, 7) is 6.10. The van der Waals surface area contributed by atoms with Crippen molar-refractivity contribution in [2.75, 3.05) is 57.9 Å². The predicted octanol–water partition coefficient (Wildman–Crippen LogP) is 2.30. The molecule has 0 radical (unpaired) electrons. The second kappa shape index (κ2) is 22.9. The van der Waals surface area contributed by atoms with Gasteiger partial charge in [-0.3, -0.25) is 33.6 Å². The van der Waals surface area contributed by atoms with Gasteiger partial charge in [0.25, 0.3) is 5.91 Å². The molecule has 5 N–H and O–H groups in total. The lowest BCUT2D eigenvalue weighted by Gasteiger charge is -2.45. The van der Waals surface area contributed by atoms with Crippen LogP contribution in [0.3, 0.4) is 0 Å². The molecule has 9 rings (SSSR count). The van der Waals surface area contributed by atoms with Crippen LogP contribution in [-0.2, 0) is 44.7 Å². The number of fused-ring (bicyclic) bond motifs is 5. The molecule has 0 aliphatic carbocycles. The Hall–Kier alpha value is -6.54. The molecule has 2 aromatic carbocycles. The molecule has 19 nitrogen and oxygen atoms in total. The minimum atomic E-state index is -1.69. The van der Waals surface area contributed by atoms with E-state index in [1.807, 2.05) is 24.3 Å². The third-order valence-corrected chi connectivity index (χ3v) is 16.5. The minimum absolute atomic E-state index is 0.0252. The Morgan fingerprint density at radius 1 is 0.847 bits per heavy atom. The molecule has 6 amide bonds. The molecule has 1 aromatic heterocycles. The van der Waals surface area contributed by atoms with Gasteiger partial charge < -0.3 is 50.7 Å². The summed E-state index contributed by atoms with van der Waals surface area (Å²) in [4.78, 5) is 128. The summed E-state index contributed by atoms with van der Waals surface area (Å²) in [5.41, 5.74) is 1.38. The summed E-state index contributed by atoms with van der Waals surface area (Å²) in [5, 5.41) is 21.9. The van der Waals surface area contributed by atoms with Crippen molar-refractivity contribution < 1.29 is 48.2 Å². The second-order valence-electron chi connectivity index (χ2n) is 19.5. The molecule has 384 valence electrons. The Morgan fingerprint density at radius 3 is 2.25 bits per heavy atom. The minimum Gasteiger partial charge on any atom is -0.505 e. The average molecular weight is 1010 g/mol. The molecule has 72 heavy (non-hydrogen) atoms. The van der Waals surface area contributed by atoms with Crippen LogP contribution >= 0.6 is 11.8 Å². The summed E-state index contributed by atoms with van der Waals surface area (Å²) in [7, 11) is 3.29. The third kappa shape index (κ3) is 11.4. The quantitative estimate of drug-likeness (QED) is 0.183. The van der Waals surface area contributed by atoms with Crippen LogP contribution in [0.2, 0.25) is 0 Å². The van der Waals surface area contributed by atoms with Crippen LogP contribution in [-0.4, -0.2) is 171 Å². The Labute approximate surface area is 423 Å². The van der Waals surface area contributed by atoms with E-state index in [0.717, 1.165) is 38.2 Å². The first-order valence-electron chi connectivity index (χ1n) is 25.0. The summed E-state index contributed by atoms with van der Waals surface area (Å²) >= 11 is 1.73. The fourth-order valence-electron chi connectivity index (χ4n) is 10.6. The van der Waals surface area contributed by atoms with Gasteiger partial charge in [-0.1, -0.05) is 49.4 Å². The third-order valence-electron chi connectivity index (χ3n) is 14.9. The lowest BCUT2D eigenvalue weighted by molar-refractivity contribution is -0.157. The van der Waals surface area contributed by atoms with Gasteiger partial charge in [-0.25, -0.2) is 9.78 Å². The Kier molecular flexibility index (Phi) is 16.5. The number of nitrogens with one attached hydrogen (secondary N) is 4. The molecule has 6 saturated heterocycles. The number of anilines is 1. The average Bonchev–Trinajstić information content (AvgIpc) is 3.90. The van der Waals surface area contributed by atoms with Gasteiger partial charge >= 0.3 is 5.97 Å². The molecule has 7 heterocycles. The number of ether oxygens (including phenoxy) is 1. The number of thioether (sulfide) groups is 1. The summed E-state index contributed by atoms with van der Waals surface area (Å²) in [6, 6.07) is 10.1. The van der Waals surface area contributed by atoms with Crippen molar-refractivity contribution in [1.82, 2.24) is 40.5 Å². The van der Waals surface area contributed by atoms with Crippen molar-refractivity contribution in [3.8, 4) is 5.75 Å². The number of ketones is 1. The predicted molar refractivity (Wildman–Crippen MR) is 267 cm³/mol. The van der Waals surface area contributed by atoms with E-state index < -0.39 is 101 Å². The fraction of sp³-hybridized carbons (Fsp3) is 0.519. The fourth-order valence-corrected chi connectivity index (χ4v) is 12.3. The monoisotopic (exact) mass is 1010 g/mol. The molecule has 6 aliphatic heterocycles. The smallest absolute Gasteiger partial charge is 0.333 e. The number of nitrogens with zero attached hydrogens (tertiary/aromatic N) is 5. The zero-order chi connectivity index (χ0) is 51.2. The highest BCUT2D eigenvalue weighted by molar-refractivity contribution is 8.00. The molecule has 0 saturated carbocycles. The van der Waals surface area contributed by atoms with E-state index in [1.165, 1.54) is 47.0 Å². The van der Waals surface area contributed by atoms with Crippen molar-refractivity contribution >= 4 is 64.6 Å². The van der Waals surface area contributed by atoms with E-state index in [9.17, 15) is 29.1 Å². The van der Waals surface area contributed by atoms with E-state index in [-0.39, 0.29) is 50.1 Å². The van der Waals surface area contributed by atoms with E-state index in [4.69, 9.17) is 4.74 Å². The Morgan fingerprint density at radius 2 is 1.58 bits per heavy atom. The zero-order valence-corrected chi connectivity index (χ0v) is 42.0. The van der Waals surface area contributed by atoms with Gasteiger partial charge in [-0.15, -0.1) is 0 Å². The van der Waals surface area contributed by atoms with E-state index in [0.29, 0.717) is 28.9 Å². The molecule has 0 spiro atoms. The van der Waals surface area contributed by atoms with Crippen LogP contribution in [0.25, 0.3) is 0 Å². The van der Waals surface area contributed by atoms with Gasteiger partial charge in [0.2, 0.25) is 29.5 Å². The normalized spacial score (nSPS) is 29.8. The van der Waals surface area contributed by atoms with Crippen molar-refractivity contribution in [3.63, 3.8) is 0 Å². The standard InChI is InChI=1S/C52H65N9O10S/c1-5-36-49(67)60-22-10-13-37(60)50(68)58(4)39(25-31-15-17-35(53-3)18-16-31)51(69)61-27-34(29-72-42-28-59-23-19-32(42)20-24-59)41(63)26-38(61)46(64)57-44(33-11-7-6-8-12-33)52(70)71-30(2)43(47(65)55-36)56-48(66)45-40(62)14-9-21-54-45/h6-9,11-12,14-18,21,30,32,34,36-39,42-44,53,62H,5,10,13,19-20,22-29H2,1-4H3,(H,55,65)(H,56,66)(H,57,64)/t30-,34+,36-,37+,38+,39+,42-,43+,44+/m1/s1. The van der Waals surface area contributed by atoms with Crippen LogP contribution in [0, 0.1) is 11.8 Å². The summed E-state index contributed by atoms with van der Waals surface area (Å²) < 4.78 is 5.96. The number of amides is 6. The van der Waals surface area contributed by atoms with E-state index in [2.05, 4.69) is 31.2 Å². The second-order valence-corrected chi connectivity index (χ2v) is 20.7. The topological polar surface area (TPSA) is 240 Å². The van der Waals surface area contributed by atoms with E-state index in [1.54, 1.807) is 56.1 Å². The number of rotatable bonds is 10. The van der Waals surface area contributed by atoms with Crippen LogP contribution in [0.5, 0.6) is 5.75 Å². The number of likely N-dealkylation sites (N-methyl/N-ethyl adjacent to an activating group) is 1. The Bertz CT molecular complexity index is 2510. The SMILES string of the molecule is CC[C@H]1NC(=O)[C@@H](NC(=O)c2ncccc2O)[C@@H](C)OC(=O)[C@H](c2ccccc2)NC(=O)[C@@H]2CC(=O)[C@H](CS[C@@H]3CN4CCC3CC4)CN2C(=O)[C@H](Cc2ccc(NC)cc2)N(C)C(=O)[C@@H]2CCCN2C1=O. The maximum atomic E-state index is 15.6. The van der Waals surface area contributed by atoms with Gasteiger partial charge in [0, 0.05) is 75.4 Å². The highest BCUT2D eigenvalue weighted by Crippen LogP contribution is 2.37. The molecular weight excluding hydrogens is 943 g/mol. The maximum absolute atomic E-state index is 15.6. The number of hydrogen-bond acceptors (Lipinski definition) is 14. The molecule has 0 unspecified atom stereocenters. The van der Waals surface area contributed by atoms with Crippen LogP contribution in [0.1, 0.15) is 80.0 Å². The van der Waals surface area contributed by atoms with Gasteiger partial charge in [-0.2, -0.15) is 11.8 Å². The van der Waals surface area contributed by atoms with Gasteiger partial charge in [-0.05, 0) is 93.4 Å². The van der Waals surface area contributed by atoms with E-state index >= 15 is 14.4 Å². The summed E-state index contributed by atoms with van der Waals surface area (Å²) in [5.74, 6) is -5.84. The highest BCUT2D eigenvalue weighted by Gasteiger charge is 2.48. The lowest BCUT2D eigenvalue weighted by Crippen LogP contribution is -2.63. The number of carbonyl (C=O) groups excluding carboxylic acids is 8. The van der Waals surface area contributed by atoms with Gasteiger partial charge in [0.1, 0.15) is 47.8 Å². The van der Waals surface area contributed by atoms with Crippen LogP contribution in [0.4, 0.5) is 5.69 Å². The number of hydrogen-bond donors (Lipinski definition) is 5. The molecule has 9 atom stereocenters. The molecule has 2 bridgehead atoms. The van der Waals surface area contributed by atoms with Crippen molar-refractivity contribution in [3.05, 3.63) is 89.7 Å². The van der Waals surface area contributed by atoms with Gasteiger partial charge in [0.15, 0.2) is 11.7 Å². The largest absolute Gasteiger partial charge is 0.505 e.